The minimum Gasteiger partial charge on any atom is -0.383 e. The van der Waals surface area contributed by atoms with E-state index in [9.17, 15) is 9.18 Å². The third kappa shape index (κ3) is 3.51. The number of ether oxygens (including phenoxy) is 1. The molecular formula is C22H22FN3O2. The number of nitrogens with one attached hydrogen (secondary N) is 2. The Kier molecular flexibility index (Phi) is 4.88. The minimum atomic E-state index is -0.309. The van der Waals surface area contributed by atoms with E-state index in [1.807, 2.05) is 37.4 Å². The Labute approximate surface area is 162 Å². The van der Waals surface area contributed by atoms with E-state index in [1.165, 1.54) is 12.1 Å². The van der Waals surface area contributed by atoms with Crippen molar-refractivity contribution in [2.45, 2.75) is 19.9 Å². The Morgan fingerprint density at radius 2 is 2.07 bits per heavy atom. The van der Waals surface area contributed by atoms with Gasteiger partial charge < -0.3 is 19.6 Å². The monoisotopic (exact) mass is 379 g/mol. The molecule has 144 valence electrons. The standard InChI is InChI=1S/C22H22FN3O2/c1-14-18(19-12-16(23)3-5-20(19)24-14)13-22(27)25-17-4-6-21-15(11-17)7-8-26(21)9-10-28-2/h3-8,11-12,24H,9-10,13H2,1-2H3,(H,25,27). The van der Waals surface area contributed by atoms with E-state index in [4.69, 9.17) is 4.74 Å². The van der Waals surface area contributed by atoms with Gasteiger partial charge >= 0.3 is 0 Å². The van der Waals surface area contributed by atoms with Gasteiger partial charge in [-0.05, 0) is 55.0 Å². The molecule has 0 radical (unpaired) electrons. The van der Waals surface area contributed by atoms with E-state index >= 15 is 0 Å². The summed E-state index contributed by atoms with van der Waals surface area (Å²) < 4.78 is 20.9. The summed E-state index contributed by atoms with van der Waals surface area (Å²) in [6.07, 6.45) is 2.20. The zero-order chi connectivity index (χ0) is 19.7. The quantitative estimate of drug-likeness (QED) is 0.522. The van der Waals surface area contributed by atoms with E-state index in [2.05, 4.69) is 14.9 Å². The van der Waals surface area contributed by atoms with Gasteiger partial charge in [-0.15, -0.1) is 0 Å². The predicted octanol–water partition coefficient (Wildman–Crippen LogP) is 4.40. The summed E-state index contributed by atoms with van der Waals surface area (Å²) in [6.45, 7) is 3.32. The number of benzene rings is 2. The van der Waals surface area contributed by atoms with Crippen molar-refractivity contribution in [1.29, 1.82) is 0 Å². The Balaban J connectivity index is 1.52. The minimum absolute atomic E-state index is 0.133. The molecule has 2 aromatic heterocycles. The molecule has 4 rings (SSSR count). The van der Waals surface area contributed by atoms with Crippen molar-refractivity contribution in [1.82, 2.24) is 9.55 Å². The molecule has 0 saturated heterocycles. The van der Waals surface area contributed by atoms with Crippen LogP contribution in [0.2, 0.25) is 0 Å². The zero-order valence-electron chi connectivity index (χ0n) is 15.9. The molecular weight excluding hydrogens is 357 g/mol. The zero-order valence-corrected chi connectivity index (χ0v) is 15.9. The summed E-state index contributed by atoms with van der Waals surface area (Å²) in [5.41, 5.74) is 4.37. The number of fused-ring (bicyclic) bond motifs is 2. The normalized spacial score (nSPS) is 11.4. The maximum atomic E-state index is 13.6. The first-order valence-electron chi connectivity index (χ1n) is 9.19. The lowest BCUT2D eigenvalue weighted by Crippen LogP contribution is -2.14. The summed E-state index contributed by atoms with van der Waals surface area (Å²) in [5, 5.41) is 4.75. The Morgan fingerprint density at radius 3 is 2.89 bits per heavy atom. The highest BCUT2D eigenvalue weighted by Crippen LogP contribution is 2.25. The number of halogens is 1. The van der Waals surface area contributed by atoms with Crippen LogP contribution >= 0.6 is 0 Å². The van der Waals surface area contributed by atoms with Crippen LogP contribution in [0.5, 0.6) is 0 Å². The summed E-state index contributed by atoms with van der Waals surface area (Å²) in [7, 11) is 1.68. The average Bonchev–Trinajstić information content (AvgIpc) is 3.21. The first-order chi connectivity index (χ1) is 13.5. The third-order valence-corrected chi connectivity index (χ3v) is 5.01. The summed E-state index contributed by atoms with van der Waals surface area (Å²) in [5.74, 6) is -0.442. The molecule has 0 saturated carbocycles. The van der Waals surface area contributed by atoms with Crippen LogP contribution in [0.3, 0.4) is 0 Å². The Hall–Kier alpha value is -3.12. The lowest BCUT2D eigenvalue weighted by molar-refractivity contribution is -0.115. The second-order valence-electron chi connectivity index (χ2n) is 6.92. The maximum absolute atomic E-state index is 13.6. The molecule has 2 heterocycles. The number of methoxy groups -OCH3 is 1. The van der Waals surface area contributed by atoms with Gasteiger partial charge in [-0.3, -0.25) is 4.79 Å². The molecule has 0 spiro atoms. The van der Waals surface area contributed by atoms with Crippen LogP contribution in [-0.4, -0.2) is 29.2 Å². The average molecular weight is 379 g/mol. The highest BCUT2D eigenvalue weighted by Gasteiger charge is 2.14. The number of rotatable bonds is 6. The molecule has 0 aliphatic heterocycles. The van der Waals surface area contributed by atoms with Gasteiger partial charge in [-0.1, -0.05) is 0 Å². The van der Waals surface area contributed by atoms with Crippen LogP contribution < -0.4 is 5.32 Å². The van der Waals surface area contributed by atoms with Crippen molar-refractivity contribution in [2.24, 2.45) is 0 Å². The molecule has 0 aliphatic rings. The predicted molar refractivity (Wildman–Crippen MR) is 109 cm³/mol. The van der Waals surface area contributed by atoms with Crippen LogP contribution in [0.15, 0.2) is 48.7 Å². The van der Waals surface area contributed by atoms with Crippen molar-refractivity contribution >= 4 is 33.4 Å². The molecule has 0 bridgehead atoms. The number of aromatic nitrogens is 2. The van der Waals surface area contributed by atoms with Crippen molar-refractivity contribution in [2.75, 3.05) is 19.0 Å². The van der Waals surface area contributed by atoms with Gasteiger partial charge in [0.2, 0.25) is 5.91 Å². The smallest absolute Gasteiger partial charge is 0.228 e. The number of amides is 1. The Bertz CT molecular complexity index is 1160. The van der Waals surface area contributed by atoms with Crippen molar-refractivity contribution < 1.29 is 13.9 Å². The number of aryl methyl sites for hydroxylation is 1. The Morgan fingerprint density at radius 1 is 1.21 bits per heavy atom. The first-order valence-corrected chi connectivity index (χ1v) is 9.19. The van der Waals surface area contributed by atoms with Gasteiger partial charge in [0.15, 0.2) is 0 Å². The number of nitrogens with zero attached hydrogens (tertiary/aromatic N) is 1. The fraction of sp³-hybridized carbons (Fsp3) is 0.227. The highest BCUT2D eigenvalue weighted by molar-refractivity contribution is 5.98. The number of carbonyl (C=O) groups excluding carboxylic acids is 1. The molecule has 28 heavy (non-hydrogen) atoms. The fourth-order valence-electron chi connectivity index (χ4n) is 3.61. The summed E-state index contributed by atoms with van der Waals surface area (Å²) in [6, 6.07) is 12.4. The largest absolute Gasteiger partial charge is 0.383 e. The molecule has 1 amide bonds. The van der Waals surface area contributed by atoms with Crippen LogP contribution in [0.1, 0.15) is 11.3 Å². The van der Waals surface area contributed by atoms with Crippen molar-refractivity contribution in [3.63, 3.8) is 0 Å². The van der Waals surface area contributed by atoms with Crippen LogP contribution in [0.4, 0.5) is 10.1 Å². The van der Waals surface area contributed by atoms with Gasteiger partial charge in [0.1, 0.15) is 5.82 Å². The van der Waals surface area contributed by atoms with Gasteiger partial charge in [0, 0.05) is 53.0 Å². The van der Waals surface area contributed by atoms with E-state index < -0.39 is 0 Å². The van der Waals surface area contributed by atoms with Crippen molar-refractivity contribution in [3.8, 4) is 0 Å². The second kappa shape index (κ2) is 7.48. The number of hydrogen-bond donors (Lipinski definition) is 2. The number of hydrogen-bond acceptors (Lipinski definition) is 2. The number of aromatic amines is 1. The van der Waals surface area contributed by atoms with Gasteiger partial charge in [-0.25, -0.2) is 4.39 Å². The molecule has 0 aliphatic carbocycles. The molecule has 0 fully saturated rings. The molecule has 4 aromatic rings. The lowest BCUT2D eigenvalue weighted by Gasteiger charge is -2.08. The molecule has 0 unspecified atom stereocenters. The SMILES string of the molecule is COCCn1ccc2cc(NC(=O)Cc3c(C)[nH]c4ccc(F)cc34)ccc21. The molecule has 2 N–H and O–H groups in total. The third-order valence-electron chi connectivity index (χ3n) is 5.01. The van der Waals surface area contributed by atoms with Crippen molar-refractivity contribution in [3.05, 3.63) is 65.7 Å². The van der Waals surface area contributed by atoms with Gasteiger partial charge in [-0.2, -0.15) is 0 Å². The van der Waals surface area contributed by atoms with Gasteiger partial charge in [0.05, 0.1) is 13.0 Å². The van der Waals surface area contributed by atoms with Gasteiger partial charge in [0.25, 0.3) is 0 Å². The van der Waals surface area contributed by atoms with E-state index in [1.54, 1.807) is 13.2 Å². The lowest BCUT2D eigenvalue weighted by atomic mass is 10.1. The summed E-state index contributed by atoms with van der Waals surface area (Å²) >= 11 is 0. The molecule has 6 heteroatoms. The van der Waals surface area contributed by atoms with E-state index in [0.29, 0.717) is 6.61 Å². The van der Waals surface area contributed by atoms with Crippen LogP contribution in [0.25, 0.3) is 21.8 Å². The second-order valence-corrected chi connectivity index (χ2v) is 6.92. The molecule has 2 aromatic carbocycles. The first kappa shape index (κ1) is 18.3. The number of carbonyl (C=O) groups is 1. The topological polar surface area (TPSA) is 59.0 Å². The number of anilines is 1. The van der Waals surface area contributed by atoms with E-state index in [0.717, 1.165) is 45.3 Å². The van der Waals surface area contributed by atoms with Crippen LogP contribution in [0, 0.1) is 12.7 Å². The number of H-pyrrole nitrogens is 1. The molecule has 5 nitrogen and oxygen atoms in total. The van der Waals surface area contributed by atoms with Crippen LogP contribution in [-0.2, 0) is 22.5 Å². The highest BCUT2D eigenvalue weighted by atomic mass is 19.1. The maximum Gasteiger partial charge on any atom is 0.228 e. The fourth-order valence-corrected chi connectivity index (χ4v) is 3.61. The summed E-state index contributed by atoms with van der Waals surface area (Å²) in [4.78, 5) is 15.8. The van der Waals surface area contributed by atoms with E-state index in [-0.39, 0.29) is 18.1 Å². The molecule has 0 atom stereocenters.